The zero-order valence-corrected chi connectivity index (χ0v) is 11.8. The first-order valence-electron chi connectivity index (χ1n) is 7.42. The van der Waals surface area contributed by atoms with Gasteiger partial charge in [-0.25, -0.2) is 0 Å². The molecule has 1 saturated carbocycles. The maximum absolute atomic E-state index is 5.77. The van der Waals surface area contributed by atoms with Gasteiger partial charge in [-0.05, 0) is 36.5 Å². The Labute approximate surface area is 124 Å². The Morgan fingerprint density at radius 1 is 1.24 bits per heavy atom. The van der Waals surface area contributed by atoms with E-state index in [-0.39, 0.29) is 0 Å². The second-order valence-corrected chi connectivity index (χ2v) is 5.68. The van der Waals surface area contributed by atoms with Crippen LogP contribution >= 0.6 is 0 Å². The molecule has 21 heavy (non-hydrogen) atoms. The first kappa shape index (κ1) is 12.5. The first-order chi connectivity index (χ1) is 10.4. The molecular weight excluding hydrogens is 260 g/mol. The molecule has 0 spiro atoms. The first-order valence-corrected chi connectivity index (χ1v) is 7.42. The standard InChI is InChI=1S/C18H17N2O/c1-2-4-17(5-3-1)21-13-15-8-9-16-11-19-20(18(16)10-15)12-14-6-7-14/h1-4,8-11,14H,6-7,12-13H2. The molecule has 1 fully saturated rings. The molecule has 0 saturated heterocycles. The van der Waals surface area contributed by atoms with E-state index in [1.165, 1.54) is 23.7 Å². The van der Waals surface area contributed by atoms with Crippen molar-refractivity contribution in [2.45, 2.75) is 26.0 Å². The SMILES string of the molecule is [c]1ccccc1OCc1ccc2cnn(CC3CC3)c2c1. The molecule has 2 aromatic carbocycles. The van der Waals surface area contributed by atoms with Crippen LogP contribution in [-0.2, 0) is 13.2 Å². The lowest BCUT2D eigenvalue weighted by Crippen LogP contribution is -2.02. The van der Waals surface area contributed by atoms with E-state index in [2.05, 4.69) is 34.0 Å². The molecule has 0 amide bonds. The molecule has 1 aliphatic rings. The molecule has 4 rings (SSSR count). The van der Waals surface area contributed by atoms with E-state index in [0.717, 1.165) is 23.8 Å². The molecule has 0 N–H and O–H groups in total. The van der Waals surface area contributed by atoms with Crippen molar-refractivity contribution >= 4 is 10.9 Å². The monoisotopic (exact) mass is 277 g/mol. The van der Waals surface area contributed by atoms with Gasteiger partial charge < -0.3 is 4.74 Å². The largest absolute Gasteiger partial charge is 0.488 e. The Morgan fingerprint density at radius 2 is 2.19 bits per heavy atom. The van der Waals surface area contributed by atoms with Crippen molar-refractivity contribution in [3.8, 4) is 5.75 Å². The number of benzene rings is 2. The summed E-state index contributed by atoms with van der Waals surface area (Å²) in [6.45, 7) is 1.60. The molecule has 1 heterocycles. The number of hydrogen-bond acceptors (Lipinski definition) is 2. The number of nitrogens with zero attached hydrogens (tertiary/aromatic N) is 2. The summed E-state index contributed by atoms with van der Waals surface area (Å²) in [4.78, 5) is 0. The summed E-state index contributed by atoms with van der Waals surface area (Å²) in [5, 5.41) is 5.70. The quantitative estimate of drug-likeness (QED) is 0.708. The summed E-state index contributed by atoms with van der Waals surface area (Å²) in [6.07, 6.45) is 4.63. The van der Waals surface area contributed by atoms with Gasteiger partial charge in [0.15, 0.2) is 0 Å². The third-order valence-electron chi connectivity index (χ3n) is 3.91. The van der Waals surface area contributed by atoms with Gasteiger partial charge in [0.1, 0.15) is 12.4 Å². The highest BCUT2D eigenvalue weighted by Crippen LogP contribution is 2.31. The van der Waals surface area contributed by atoms with E-state index in [1.54, 1.807) is 0 Å². The van der Waals surface area contributed by atoms with E-state index < -0.39 is 0 Å². The Hall–Kier alpha value is -2.29. The van der Waals surface area contributed by atoms with E-state index in [1.807, 2.05) is 30.5 Å². The average Bonchev–Trinajstić information content (AvgIpc) is 3.26. The van der Waals surface area contributed by atoms with Crippen LogP contribution in [0.5, 0.6) is 5.75 Å². The number of ether oxygens (including phenoxy) is 1. The second-order valence-electron chi connectivity index (χ2n) is 5.68. The van der Waals surface area contributed by atoms with Crippen molar-refractivity contribution in [3.05, 3.63) is 60.3 Å². The number of fused-ring (bicyclic) bond motifs is 1. The summed E-state index contributed by atoms with van der Waals surface area (Å²) in [6, 6.07) is 17.2. The Kier molecular flexibility index (Phi) is 3.11. The van der Waals surface area contributed by atoms with E-state index >= 15 is 0 Å². The molecule has 0 atom stereocenters. The highest BCUT2D eigenvalue weighted by Gasteiger charge is 2.22. The molecule has 1 aliphatic carbocycles. The summed E-state index contributed by atoms with van der Waals surface area (Å²) >= 11 is 0. The van der Waals surface area contributed by atoms with Gasteiger partial charge in [-0.1, -0.05) is 30.3 Å². The van der Waals surface area contributed by atoms with Gasteiger partial charge in [0.2, 0.25) is 0 Å². The molecule has 0 aliphatic heterocycles. The average molecular weight is 277 g/mol. The van der Waals surface area contributed by atoms with Crippen LogP contribution in [0.15, 0.2) is 48.7 Å². The van der Waals surface area contributed by atoms with Crippen molar-refractivity contribution < 1.29 is 4.74 Å². The molecule has 0 bridgehead atoms. The van der Waals surface area contributed by atoms with Crippen LogP contribution in [0.4, 0.5) is 0 Å². The summed E-state index contributed by atoms with van der Waals surface area (Å²) in [5.74, 6) is 1.61. The lowest BCUT2D eigenvalue weighted by Gasteiger charge is -2.07. The summed E-state index contributed by atoms with van der Waals surface area (Å²) in [5.41, 5.74) is 2.37. The van der Waals surface area contributed by atoms with Crippen molar-refractivity contribution in [3.63, 3.8) is 0 Å². The zero-order chi connectivity index (χ0) is 14.1. The molecule has 105 valence electrons. The number of hydrogen-bond donors (Lipinski definition) is 0. The zero-order valence-electron chi connectivity index (χ0n) is 11.8. The van der Waals surface area contributed by atoms with Crippen molar-refractivity contribution in [1.29, 1.82) is 0 Å². The van der Waals surface area contributed by atoms with Gasteiger partial charge in [0.25, 0.3) is 0 Å². The Morgan fingerprint density at radius 3 is 3.00 bits per heavy atom. The van der Waals surface area contributed by atoms with E-state index in [0.29, 0.717) is 6.61 Å². The van der Waals surface area contributed by atoms with Crippen LogP contribution in [0.25, 0.3) is 10.9 Å². The van der Waals surface area contributed by atoms with Crippen molar-refractivity contribution in [2.24, 2.45) is 5.92 Å². The smallest absolute Gasteiger partial charge is 0.127 e. The fourth-order valence-electron chi connectivity index (χ4n) is 2.52. The maximum atomic E-state index is 5.77. The molecular formula is C18H17N2O. The fraction of sp³-hybridized carbons (Fsp3) is 0.278. The normalized spacial score (nSPS) is 14.5. The van der Waals surface area contributed by atoms with Gasteiger partial charge in [-0.2, -0.15) is 5.10 Å². The maximum Gasteiger partial charge on any atom is 0.127 e. The van der Waals surface area contributed by atoms with Crippen LogP contribution in [0, 0.1) is 12.0 Å². The highest BCUT2D eigenvalue weighted by molar-refractivity contribution is 5.79. The van der Waals surface area contributed by atoms with Crippen molar-refractivity contribution in [1.82, 2.24) is 9.78 Å². The minimum absolute atomic E-state index is 0.561. The van der Waals surface area contributed by atoms with Crippen LogP contribution < -0.4 is 4.74 Å². The molecule has 3 nitrogen and oxygen atoms in total. The number of rotatable bonds is 5. The third-order valence-corrected chi connectivity index (χ3v) is 3.91. The molecule has 0 unspecified atom stereocenters. The number of aromatic nitrogens is 2. The van der Waals surface area contributed by atoms with Gasteiger partial charge >= 0.3 is 0 Å². The minimum atomic E-state index is 0.561. The minimum Gasteiger partial charge on any atom is -0.488 e. The lowest BCUT2D eigenvalue weighted by molar-refractivity contribution is 0.305. The van der Waals surface area contributed by atoms with E-state index in [4.69, 9.17) is 4.74 Å². The van der Waals surface area contributed by atoms with Gasteiger partial charge in [0.05, 0.1) is 11.7 Å². The van der Waals surface area contributed by atoms with Crippen LogP contribution in [0.2, 0.25) is 0 Å². The van der Waals surface area contributed by atoms with Gasteiger partial charge in [-0.15, -0.1) is 0 Å². The third kappa shape index (κ3) is 2.77. The van der Waals surface area contributed by atoms with Crippen molar-refractivity contribution in [2.75, 3.05) is 0 Å². The van der Waals surface area contributed by atoms with Crippen LogP contribution in [-0.4, -0.2) is 9.78 Å². The predicted octanol–water partition coefficient (Wildman–Crippen LogP) is 3.83. The number of para-hydroxylation sites is 1. The van der Waals surface area contributed by atoms with Crippen LogP contribution in [0.3, 0.4) is 0 Å². The predicted molar refractivity (Wildman–Crippen MR) is 82.1 cm³/mol. The summed E-state index contributed by atoms with van der Waals surface area (Å²) < 4.78 is 7.90. The molecule has 3 heteroatoms. The topological polar surface area (TPSA) is 27.1 Å². The highest BCUT2D eigenvalue weighted by atomic mass is 16.5. The molecule has 1 aromatic heterocycles. The van der Waals surface area contributed by atoms with E-state index in [9.17, 15) is 0 Å². The van der Waals surface area contributed by atoms with Gasteiger partial charge in [0, 0.05) is 18.0 Å². The lowest BCUT2D eigenvalue weighted by atomic mass is 10.2. The summed E-state index contributed by atoms with van der Waals surface area (Å²) in [7, 11) is 0. The van der Waals surface area contributed by atoms with Crippen LogP contribution in [0.1, 0.15) is 18.4 Å². The molecule has 1 radical (unpaired) electrons. The fourth-order valence-corrected chi connectivity index (χ4v) is 2.52. The molecule has 3 aromatic rings. The van der Waals surface area contributed by atoms with Gasteiger partial charge in [-0.3, -0.25) is 4.68 Å². The Balaban J connectivity index is 1.54. The Bertz CT molecular complexity index is 744. The second kappa shape index (κ2) is 5.24.